The molecule has 2 aromatic heterocycles. The highest BCUT2D eigenvalue weighted by molar-refractivity contribution is 6.33. The van der Waals surface area contributed by atoms with Crippen molar-refractivity contribution in [2.75, 3.05) is 42.9 Å². The van der Waals surface area contributed by atoms with Gasteiger partial charge in [-0.05, 0) is 56.2 Å². The van der Waals surface area contributed by atoms with E-state index in [4.69, 9.17) is 16.6 Å². The standard InChI is InChI=1S/C33H36ClN7O2/c34-27-10-4-3-9-25(27)26-20-40(32-30(26)31(35-22-36-32)39-15-6-1-7-16-39)21-29(42)38-17-13-24(14-18-38)41-19-12-23-8-2-5-11-28(23)37-33(41)43/h2-5,8-11,20,22,24H,1,6-7,12-19,21H2,(H,37,43). The molecule has 2 saturated heterocycles. The fraction of sp³-hybridized carbons (Fsp3) is 0.394. The number of carbonyl (C=O) groups is 2. The maximum absolute atomic E-state index is 13.7. The van der Waals surface area contributed by atoms with Crippen LogP contribution in [0, 0.1) is 0 Å². The number of anilines is 2. The van der Waals surface area contributed by atoms with Gasteiger partial charge in [-0.1, -0.05) is 48.0 Å². The van der Waals surface area contributed by atoms with Gasteiger partial charge in [0.2, 0.25) is 5.91 Å². The monoisotopic (exact) mass is 597 g/mol. The first-order valence-electron chi connectivity index (χ1n) is 15.3. The van der Waals surface area contributed by atoms with Crippen LogP contribution in [0.2, 0.25) is 5.02 Å². The van der Waals surface area contributed by atoms with Gasteiger partial charge in [0.05, 0.1) is 5.39 Å². The van der Waals surface area contributed by atoms with Gasteiger partial charge in [0.1, 0.15) is 24.3 Å². The van der Waals surface area contributed by atoms with Crippen LogP contribution < -0.4 is 10.2 Å². The molecule has 0 saturated carbocycles. The zero-order chi connectivity index (χ0) is 29.3. The zero-order valence-corrected chi connectivity index (χ0v) is 25.0. The second-order valence-corrected chi connectivity index (χ2v) is 12.1. The van der Waals surface area contributed by atoms with Crippen molar-refractivity contribution in [3.05, 3.63) is 71.6 Å². The minimum Gasteiger partial charge on any atom is -0.356 e. The van der Waals surface area contributed by atoms with E-state index in [2.05, 4.69) is 21.3 Å². The number of halogens is 1. The highest BCUT2D eigenvalue weighted by atomic mass is 35.5. The molecule has 0 atom stereocenters. The quantitative estimate of drug-likeness (QED) is 0.313. The summed E-state index contributed by atoms with van der Waals surface area (Å²) in [5.41, 5.74) is 4.65. The van der Waals surface area contributed by atoms with Crippen LogP contribution in [0.15, 0.2) is 61.1 Å². The van der Waals surface area contributed by atoms with Gasteiger partial charge in [-0.25, -0.2) is 14.8 Å². The Hall–Kier alpha value is -4.11. The van der Waals surface area contributed by atoms with E-state index in [9.17, 15) is 9.59 Å². The fourth-order valence-electron chi connectivity index (χ4n) is 6.87. The third-order valence-electron chi connectivity index (χ3n) is 9.16. The van der Waals surface area contributed by atoms with E-state index < -0.39 is 0 Å². The summed E-state index contributed by atoms with van der Waals surface area (Å²) in [4.78, 5) is 42.4. The molecule has 0 spiro atoms. The van der Waals surface area contributed by atoms with Crippen LogP contribution in [0.3, 0.4) is 0 Å². The maximum atomic E-state index is 13.7. The van der Waals surface area contributed by atoms with Crippen LogP contribution in [-0.2, 0) is 17.8 Å². The van der Waals surface area contributed by atoms with Crippen molar-refractivity contribution < 1.29 is 9.59 Å². The summed E-state index contributed by atoms with van der Waals surface area (Å²) in [7, 11) is 0. The molecule has 0 aliphatic carbocycles. The van der Waals surface area contributed by atoms with Crippen molar-refractivity contribution in [2.45, 2.75) is 51.1 Å². The summed E-state index contributed by atoms with van der Waals surface area (Å²) < 4.78 is 1.96. The van der Waals surface area contributed by atoms with Crippen molar-refractivity contribution >= 4 is 46.1 Å². The lowest BCUT2D eigenvalue weighted by Gasteiger charge is -2.38. The van der Waals surface area contributed by atoms with Crippen LogP contribution in [0.25, 0.3) is 22.2 Å². The number of hydrogen-bond acceptors (Lipinski definition) is 5. The molecule has 4 aromatic rings. The normalized spacial score (nSPS) is 18.0. The van der Waals surface area contributed by atoms with E-state index in [0.717, 1.165) is 84.4 Å². The average Bonchev–Trinajstić information content (AvgIpc) is 3.31. The van der Waals surface area contributed by atoms with Crippen molar-refractivity contribution in [3.63, 3.8) is 0 Å². The lowest BCUT2D eigenvalue weighted by Crippen LogP contribution is -2.50. The van der Waals surface area contributed by atoms with Gasteiger partial charge >= 0.3 is 6.03 Å². The molecule has 5 heterocycles. The van der Waals surface area contributed by atoms with Gasteiger partial charge in [-0.15, -0.1) is 0 Å². The van der Waals surface area contributed by atoms with E-state index in [1.165, 1.54) is 6.42 Å². The summed E-state index contributed by atoms with van der Waals surface area (Å²) >= 11 is 6.69. The Balaban J connectivity index is 1.10. The number of rotatable bonds is 5. The molecule has 222 valence electrons. The Morgan fingerprint density at radius 2 is 1.67 bits per heavy atom. The molecule has 43 heavy (non-hydrogen) atoms. The Kier molecular flexibility index (Phi) is 7.65. The molecule has 0 unspecified atom stereocenters. The number of hydrogen-bond donors (Lipinski definition) is 1. The number of aromatic nitrogens is 3. The molecule has 0 bridgehead atoms. The smallest absolute Gasteiger partial charge is 0.322 e. The van der Waals surface area contributed by atoms with Crippen molar-refractivity contribution in [3.8, 4) is 11.1 Å². The predicted octanol–water partition coefficient (Wildman–Crippen LogP) is 5.82. The Morgan fingerprint density at radius 1 is 0.907 bits per heavy atom. The second kappa shape index (κ2) is 11.9. The molecule has 10 heteroatoms. The Labute approximate surface area is 256 Å². The molecule has 3 aliphatic rings. The SMILES string of the molecule is O=C(Cn1cc(-c2ccccc2Cl)c2c(N3CCCCC3)ncnc21)N1CCC(N2CCc3ccccc3NC2=O)CC1. The lowest BCUT2D eigenvalue weighted by molar-refractivity contribution is -0.133. The van der Waals surface area contributed by atoms with Crippen LogP contribution in [0.1, 0.15) is 37.7 Å². The number of nitrogens with one attached hydrogen (secondary N) is 1. The first-order chi connectivity index (χ1) is 21.1. The molecule has 1 N–H and O–H groups in total. The van der Waals surface area contributed by atoms with E-state index in [1.807, 2.05) is 63.0 Å². The third-order valence-corrected chi connectivity index (χ3v) is 9.49. The van der Waals surface area contributed by atoms with Crippen molar-refractivity contribution in [1.29, 1.82) is 0 Å². The molecule has 7 rings (SSSR count). The fourth-order valence-corrected chi connectivity index (χ4v) is 7.11. The molecular weight excluding hydrogens is 562 g/mol. The van der Waals surface area contributed by atoms with Gasteiger partial charge in [0.15, 0.2) is 0 Å². The minimum atomic E-state index is -0.0511. The largest absolute Gasteiger partial charge is 0.356 e. The number of piperidine rings is 2. The van der Waals surface area contributed by atoms with Gasteiger partial charge in [0.25, 0.3) is 0 Å². The van der Waals surface area contributed by atoms with E-state index in [-0.39, 0.29) is 24.5 Å². The predicted molar refractivity (Wildman–Crippen MR) is 170 cm³/mol. The third kappa shape index (κ3) is 5.42. The Morgan fingerprint density at radius 3 is 2.49 bits per heavy atom. The number of likely N-dealkylation sites (tertiary alicyclic amines) is 1. The highest BCUT2D eigenvalue weighted by Crippen LogP contribution is 2.39. The molecule has 2 aromatic carbocycles. The number of carbonyl (C=O) groups excluding carboxylic acids is 2. The summed E-state index contributed by atoms with van der Waals surface area (Å²) in [6.45, 7) is 4.00. The maximum Gasteiger partial charge on any atom is 0.322 e. The average molecular weight is 598 g/mol. The van der Waals surface area contributed by atoms with Crippen LogP contribution in [0.5, 0.6) is 0 Å². The zero-order valence-electron chi connectivity index (χ0n) is 24.2. The summed E-state index contributed by atoms with van der Waals surface area (Å²) in [5, 5.41) is 4.68. The molecule has 0 radical (unpaired) electrons. The number of para-hydroxylation sites is 1. The second-order valence-electron chi connectivity index (χ2n) is 11.7. The Bertz CT molecular complexity index is 1660. The highest BCUT2D eigenvalue weighted by Gasteiger charge is 2.32. The van der Waals surface area contributed by atoms with E-state index in [0.29, 0.717) is 24.7 Å². The first-order valence-corrected chi connectivity index (χ1v) is 15.7. The lowest BCUT2D eigenvalue weighted by atomic mass is 10.0. The van der Waals surface area contributed by atoms with Crippen molar-refractivity contribution in [2.24, 2.45) is 0 Å². The number of benzene rings is 2. The summed E-state index contributed by atoms with van der Waals surface area (Å²) in [6.07, 6.45) is 9.45. The topological polar surface area (TPSA) is 86.6 Å². The van der Waals surface area contributed by atoms with Crippen LogP contribution in [-0.4, -0.2) is 75.0 Å². The first kappa shape index (κ1) is 27.7. The number of nitrogens with zero attached hydrogens (tertiary/aromatic N) is 6. The van der Waals surface area contributed by atoms with Crippen molar-refractivity contribution in [1.82, 2.24) is 24.3 Å². The van der Waals surface area contributed by atoms with Gasteiger partial charge in [-0.2, -0.15) is 0 Å². The van der Waals surface area contributed by atoms with E-state index in [1.54, 1.807) is 6.33 Å². The minimum absolute atomic E-state index is 0.0481. The van der Waals surface area contributed by atoms with Crippen LogP contribution in [0.4, 0.5) is 16.3 Å². The molecule has 2 fully saturated rings. The summed E-state index contributed by atoms with van der Waals surface area (Å²) in [5.74, 6) is 0.955. The molecular formula is C33H36ClN7O2. The molecule has 3 amide bonds. The van der Waals surface area contributed by atoms with E-state index >= 15 is 0 Å². The molecule has 3 aliphatic heterocycles. The summed E-state index contributed by atoms with van der Waals surface area (Å²) in [6, 6.07) is 15.9. The molecule has 9 nitrogen and oxygen atoms in total. The van der Waals surface area contributed by atoms with Gasteiger partial charge in [0, 0.05) is 66.8 Å². The van der Waals surface area contributed by atoms with Gasteiger partial charge in [-0.3, -0.25) is 4.79 Å². The van der Waals surface area contributed by atoms with Gasteiger partial charge < -0.3 is 24.6 Å². The number of amides is 3. The number of urea groups is 1. The van der Waals surface area contributed by atoms with Crippen LogP contribution >= 0.6 is 11.6 Å². The number of fused-ring (bicyclic) bond motifs is 2.